The molecule has 34 heavy (non-hydrogen) atoms. The first kappa shape index (κ1) is 23.7. The van der Waals surface area contributed by atoms with E-state index in [-0.39, 0.29) is 17.0 Å². The van der Waals surface area contributed by atoms with Crippen LogP contribution in [0.1, 0.15) is 16.8 Å². The molecule has 0 atom stereocenters. The molecule has 0 aliphatic rings. The zero-order chi connectivity index (χ0) is 23.9. The van der Waals surface area contributed by atoms with E-state index in [0.29, 0.717) is 28.5 Å². The van der Waals surface area contributed by atoms with Crippen LogP contribution in [0.15, 0.2) is 84.9 Å². The first-order chi connectivity index (χ1) is 16.5. The van der Waals surface area contributed by atoms with E-state index in [9.17, 15) is 9.59 Å². The Morgan fingerprint density at radius 1 is 0.941 bits per heavy atom. The molecular formula is C27H20AsClN2O3. The summed E-state index contributed by atoms with van der Waals surface area (Å²) in [5, 5.41) is 4.34. The Labute approximate surface area is 211 Å². The van der Waals surface area contributed by atoms with Crippen molar-refractivity contribution in [2.24, 2.45) is 0 Å². The quantitative estimate of drug-likeness (QED) is 0.201. The Balaban J connectivity index is 1.51. The molecule has 1 N–H and O–H groups in total. The molecule has 0 unspecified atom stereocenters. The number of rotatable bonds is 8. The number of nitrogens with zero attached hydrogens (tertiary/aromatic N) is 1. The summed E-state index contributed by atoms with van der Waals surface area (Å²) >= 11 is 7.87. The van der Waals surface area contributed by atoms with E-state index in [1.165, 1.54) is 0 Å². The van der Waals surface area contributed by atoms with E-state index < -0.39 is 0 Å². The summed E-state index contributed by atoms with van der Waals surface area (Å²) in [6.07, 6.45) is 1.76. The van der Waals surface area contributed by atoms with Gasteiger partial charge in [-0.3, -0.25) is 0 Å². The molecular weight excluding hydrogens is 511 g/mol. The number of carbonyl (C=O) groups excluding carboxylic acids is 2. The summed E-state index contributed by atoms with van der Waals surface area (Å²) in [4.78, 5) is 28.8. The van der Waals surface area contributed by atoms with Gasteiger partial charge in [-0.15, -0.1) is 0 Å². The van der Waals surface area contributed by atoms with Crippen LogP contribution in [0.4, 0.5) is 0 Å². The number of para-hydroxylation sites is 1. The van der Waals surface area contributed by atoms with Gasteiger partial charge in [-0.2, -0.15) is 0 Å². The number of pyridine rings is 1. The molecule has 4 aromatic rings. The number of hydrogen-bond donors (Lipinski definition) is 1. The fraction of sp³-hybridized carbons (Fsp3) is 0.0741. The van der Waals surface area contributed by atoms with Crippen molar-refractivity contribution in [2.75, 3.05) is 6.54 Å². The van der Waals surface area contributed by atoms with Crippen LogP contribution in [0.5, 0.6) is 5.75 Å². The predicted molar refractivity (Wildman–Crippen MR) is 136 cm³/mol. The molecule has 1 heterocycles. The number of ether oxygens (including phenoxy) is 1. The molecule has 7 heteroatoms. The van der Waals surface area contributed by atoms with E-state index in [2.05, 4.69) is 10.3 Å². The molecule has 0 fully saturated rings. The second kappa shape index (κ2) is 11.1. The van der Waals surface area contributed by atoms with Gasteiger partial charge in [0.1, 0.15) is 0 Å². The van der Waals surface area contributed by atoms with Crippen LogP contribution in [0, 0.1) is 0 Å². The first-order valence-electron chi connectivity index (χ1n) is 10.5. The Morgan fingerprint density at radius 2 is 1.68 bits per heavy atom. The summed E-state index contributed by atoms with van der Waals surface area (Å²) < 4.78 is 5.72. The average Bonchev–Trinajstić information content (AvgIpc) is 2.86. The topological polar surface area (TPSA) is 68.3 Å². The van der Waals surface area contributed by atoms with Crippen molar-refractivity contribution in [3.63, 3.8) is 0 Å². The summed E-state index contributed by atoms with van der Waals surface area (Å²) in [5.74, 6) is 0.314. The minimum atomic E-state index is -0.344. The van der Waals surface area contributed by atoms with Crippen molar-refractivity contribution >= 4 is 61.5 Å². The van der Waals surface area contributed by atoms with Crippen molar-refractivity contribution in [1.29, 1.82) is 0 Å². The van der Waals surface area contributed by atoms with E-state index in [4.69, 9.17) is 16.3 Å². The average molecular weight is 531 g/mol. The van der Waals surface area contributed by atoms with Gasteiger partial charge in [0.25, 0.3) is 0 Å². The number of benzene rings is 3. The molecule has 1 amide bonds. The summed E-state index contributed by atoms with van der Waals surface area (Å²) in [5.41, 5.74) is 3.69. The van der Waals surface area contributed by atoms with Crippen molar-refractivity contribution in [3.05, 3.63) is 107 Å². The maximum atomic E-state index is 12.8. The Kier molecular flexibility index (Phi) is 7.79. The molecule has 168 valence electrons. The standard InChI is InChI=1S/C27H20AsClN2O3/c28-26(32)16-30-27(33)24(15-18-5-10-21(29)11-6-18)19-8-13-23(14-9-19)34-17-22-12-7-20-3-1-2-4-25(20)31-22/h1-15H,16-17H2,(H,30,33)/b24-15+. The van der Waals surface area contributed by atoms with Crippen molar-refractivity contribution < 1.29 is 14.3 Å². The van der Waals surface area contributed by atoms with Gasteiger partial charge in [-0.1, -0.05) is 24.3 Å². The van der Waals surface area contributed by atoms with Gasteiger partial charge >= 0.3 is 159 Å². The second-order valence-electron chi connectivity index (χ2n) is 7.49. The third-order valence-corrected chi connectivity index (χ3v) is 5.62. The second-order valence-corrected chi connectivity index (χ2v) is 8.98. The SMILES string of the molecule is O=C([As])CNC(=O)/C(=C/c1ccc(Cl)cc1)c1ccc(OCc2ccc3ccccc3n2)cc1. The third kappa shape index (κ3) is 6.34. The van der Waals surface area contributed by atoms with Crippen LogP contribution in [0.2, 0.25) is 5.02 Å². The van der Waals surface area contributed by atoms with Crippen molar-refractivity contribution in [1.82, 2.24) is 10.3 Å². The van der Waals surface area contributed by atoms with Gasteiger partial charge in [0, 0.05) is 5.39 Å². The first-order valence-corrected chi connectivity index (χ1v) is 11.8. The summed E-state index contributed by atoms with van der Waals surface area (Å²) in [6, 6.07) is 26.3. The van der Waals surface area contributed by atoms with Gasteiger partial charge in [-0.05, 0) is 12.1 Å². The molecule has 3 aromatic carbocycles. The van der Waals surface area contributed by atoms with Crippen LogP contribution in [0.25, 0.3) is 22.6 Å². The van der Waals surface area contributed by atoms with Crippen LogP contribution in [-0.2, 0) is 16.2 Å². The van der Waals surface area contributed by atoms with E-state index in [1.807, 2.05) is 77.5 Å². The minimum absolute atomic E-state index is 0.0588. The van der Waals surface area contributed by atoms with E-state index in [0.717, 1.165) is 22.2 Å². The fourth-order valence-electron chi connectivity index (χ4n) is 3.33. The summed E-state index contributed by atoms with van der Waals surface area (Å²) in [6.45, 7) is 0.270. The van der Waals surface area contributed by atoms with Crippen molar-refractivity contribution in [2.45, 2.75) is 6.61 Å². The molecule has 0 aliphatic heterocycles. The molecule has 2 radical (unpaired) electrons. The fourth-order valence-corrected chi connectivity index (χ4v) is 3.63. The zero-order valence-electron chi connectivity index (χ0n) is 18.1. The molecule has 5 nitrogen and oxygen atoms in total. The third-order valence-electron chi connectivity index (χ3n) is 5.03. The molecule has 1 aromatic heterocycles. The number of carbonyl (C=O) groups is 2. The van der Waals surface area contributed by atoms with Crippen LogP contribution < -0.4 is 10.1 Å². The number of aromatic nitrogens is 1. The Hall–Kier alpha value is -3.40. The zero-order valence-corrected chi connectivity index (χ0v) is 20.7. The Morgan fingerprint density at radius 3 is 2.41 bits per heavy atom. The van der Waals surface area contributed by atoms with Gasteiger partial charge in [-0.25, -0.2) is 4.98 Å². The maximum absolute atomic E-state index is 12.8. The molecule has 0 aliphatic carbocycles. The van der Waals surface area contributed by atoms with Gasteiger partial charge < -0.3 is 0 Å². The van der Waals surface area contributed by atoms with E-state index >= 15 is 0 Å². The number of fused-ring (bicyclic) bond motifs is 1. The Bertz CT molecular complexity index is 1350. The molecule has 4 rings (SSSR count). The monoisotopic (exact) mass is 530 g/mol. The normalized spacial score (nSPS) is 11.3. The van der Waals surface area contributed by atoms with Gasteiger partial charge in [0.2, 0.25) is 0 Å². The number of halogens is 1. The van der Waals surface area contributed by atoms with E-state index in [1.54, 1.807) is 30.3 Å². The summed E-state index contributed by atoms with van der Waals surface area (Å²) in [7, 11) is 0. The van der Waals surface area contributed by atoms with Gasteiger partial charge in [0.05, 0.1) is 5.52 Å². The number of amides is 1. The molecule has 0 saturated carbocycles. The number of nitrogens with one attached hydrogen (secondary N) is 1. The predicted octanol–water partition coefficient (Wildman–Crippen LogP) is 4.82. The molecule has 0 spiro atoms. The number of hydrogen-bond acceptors (Lipinski definition) is 4. The van der Waals surface area contributed by atoms with Crippen LogP contribution in [-0.4, -0.2) is 38.9 Å². The van der Waals surface area contributed by atoms with Crippen LogP contribution >= 0.6 is 11.6 Å². The molecule has 0 saturated heterocycles. The van der Waals surface area contributed by atoms with Crippen molar-refractivity contribution in [3.8, 4) is 5.75 Å². The van der Waals surface area contributed by atoms with Crippen LogP contribution in [0.3, 0.4) is 0 Å². The molecule has 0 bridgehead atoms. The van der Waals surface area contributed by atoms with Gasteiger partial charge in [0.15, 0.2) is 0 Å².